The summed E-state index contributed by atoms with van der Waals surface area (Å²) < 4.78 is 16.2. The minimum Gasteiger partial charge on any atom is -0.493 e. The van der Waals surface area contributed by atoms with E-state index in [2.05, 4.69) is 5.16 Å². The van der Waals surface area contributed by atoms with Crippen LogP contribution in [0.4, 0.5) is 0 Å². The molecule has 0 unspecified atom stereocenters. The topological polar surface area (TPSA) is 81.8 Å². The molecule has 0 aliphatic heterocycles. The molecule has 0 radical (unpaired) electrons. The average Bonchev–Trinajstić information content (AvgIpc) is 3.12. The van der Waals surface area contributed by atoms with Gasteiger partial charge in [-0.15, -0.1) is 0 Å². The van der Waals surface area contributed by atoms with E-state index in [-0.39, 0.29) is 11.8 Å². The van der Waals surface area contributed by atoms with Crippen LogP contribution in [0, 0.1) is 0 Å². The van der Waals surface area contributed by atoms with Crippen molar-refractivity contribution in [1.82, 2.24) is 5.16 Å². The maximum absolute atomic E-state index is 10.9. The number of carbonyl (C=O) groups is 1. The van der Waals surface area contributed by atoms with Gasteiger partial charge in [0, 0.05) is 6.07 Å². The van der Waals surface area contributed by atoms with E-state index in [1.807, 2.05) is 0 Å². The van der Waals surface area contributed by atoms with E-state index in [9.17, 15) is 4.79 Å². The second kappa shape index (κ2) is 4.88. The zero-order valence-corrected chi connectivity index (χ0v) is 10.8. The van der Waals surface area contributed by atoms with E-state index < -0.39 is 5.97 Å². The molecular formula is C14H13NO5. The van der Waals surface area contributed by atoms with Crippen molar-refractivity contribution in [3.05, 3.63) is 30.0 Å². The lowest BCUT2D eigenvalue weighted by Crippen LogP contribution is -2.00. The summed E-state index contributed by atoms with van der Waals surface area (Å²) in [5.41, 5.74) is 0.497. The average molecular weight is 275 g/mol. The molecule has 1 aliphatic carbocycles. The Morgan fingerprint density at radius 3 is 2.85 bits per heavy atom. The predicted octanol–water partition coefficient (Wildman–Crippen LogP) is 2.59. The maximum atomic E-state index is 10.9. The number of hydrogen-bond acceptors (Lipinski definition) is 5. The van der Waals surface area contributed by atoms with Crippen LogP contribution in [0.1, 0.15) is 23.3 Å². The fraction of sp³-hybridized carbons (Fsp3) is 0.286. The van der Waals surface area contributed by atoms with Crippen LogP contribution in [-0.2, 0) is 0 Å². The van der Waals surface area contributed by atoms with Crippen LogP contribution in [0.25, 0.3) is 11.3 Å². The molecule has 0 saturated heterocycles. The Kier molecular flexibility index (Phi) is 3.06. The molecule has 6 heteroatoms. The summed E-state index contributed by atoms with van der Waals surface area (Å²) >= 11 is 0. The van der Waals surface area contributed by atoms with Crippen molar-refractivity contribution in [2.45, 2.75) is 18.9 Å². The Morgan fingerprint density at radius 1 is 1.45 bits per heavy atom. The molecule has 1 aromatic carbocycles. The van der Waals surface area contributed by atoms with Crippen LogP contribution >= 0.6 is 0 Å². The Balaban J connectivity index is 2.03. The quantitative estimate of drug-likeness (QED) is 0.903. The number of hydrogen-bond donors (Lipinski definition) is 1. The molecule has 1 heterocycles. The lowest BCUT2D eigenvalue weighted by Gasteiger charge is -2.12. The van der Waals surface area contributed by atoms with Gasteiger partial charge in [0.2, 0.25) is 0 Å². The maximum Gasteiger partial charge on any atom is 0.358 e. The highest BCUT2D eigenvalue weighted by atomic mass is 16.5. The molecular weight excluding hydrogens is 262 g/mol. The third-order valence-electron chi connectivity index (χ3n) is 3.00. The minimum atomic E-state index is -1.13. The van der Waals surface area contributed by atoms with Crippen molar-refractivity contribution in [2.24, 2.45) is 0 Å². The van der Waals surface area contributed by atoms with Gasteiger partial charge in [0.05, 0.1) is 18.8 Å². The number of nitrogens with zero attached hydrogens (tertiary/aromatic N) is 1. The van der Waals surface area contributed by atoms with Crippen molar-refractivity contribution in [2.75, 3.05) is 7.11 Å². The third kappa shape index (κ3) is 2.32. The molecule has 1 fully saturated rings. The van der Waals surface area contributed by atoms with Gasteiger partial charge in [-0.05, 0) is 25.0 Å². The Morgan fingerprint density at radius 2 is 2.25 bits per heavy atom. The molecule has 20 heavy (non-hydrogen) atoms. The highest BCUT2D eigenvalue weighted by Gasteiger charge is 2.27. The highest BCUT2D eigenvalue weighted by Crippen LogP contribution is 2.41. The molecule has 1 saturated carbocycles. The number of carboxylic acids is 1. The molecule has 0 atom stereocenters. The van der Waals surface area contributed by atoms with Gasteiger partial charge in [-0.1, -0.05) is 11.2 Å². The molecule has 2 aromatic rings. The van der Waals surface area contributed by atoms with Crippen LogP contribution in [0.3, 0.4) is 0 Å². The number of ether oxygens (including phenoxy) is 2. The minimum absolute atomic E-state index is 0.139. The molecule has 6 nitrogen and oxygen atoms in total. The van der Waals surface area contributed by atoms with Crippen molar-refractivity contribution in [3.8, 4) is 22.8 Å². The van der Waals surface area contributed by atoms with E-state index >= 15 is 0 Å². The molecule has 0 amide bonds. The summed E-state index contributed by atoms with van der Waals surface area (Å²) in [5.74, 6) is 0.359. The molecule has 1 aromatic heterocycles. The number of methoxy groups -OCH3 is 1. The number of benzene rings is 1. The zero-order chi connectivity index (χ0) is 14.1. The van der Waals surface area contributed by atoms with Crippen molar-refractivity contribution in [1.29, 1.82) is 0 Å². The normalized spacial score (nSPS) is 14.1. The lowest BCUT2D eigenvalue weighted by molar-refractivity contribution is 0.0686. The zero-order valence-electron chi connectivity index (χ0n) is 10.8. The summed E-state index contributed by atoms with van der Waals surface area (Å²) in [4.78, 5) is 10.9. The molecule has 0 spiro atoms. The second-order valence-corrected chi connectivity index (χ2v) is 4.54. The van der Waals surface area contributed by atoms with E-state index in [1.165, 1.54) is 6.07 Å². The summed E-state index contributed by atoms with van der Waals surface area (Å²) in [6.07, 6.45) is 2.20. The van der Waals surface area contributed by atoms with Gasteiger partial charge in [0.15, 0.2) is 23.0 Å². The summed E-state index contributed by atoms with van der Waals surface area (Å²) in [7, 11) is 1.56. The molecule has 104 valence electrons. The van der Waals surface area contributed by atoms with E-state index in [0.29, 0.717) is 22.8 Å². The van der Waals surface area contributed by atoms with E-state index in [0.717, 1.165) is 12.8 Å². The van der Waals surface area contributed by atoms with Gasteiger partial charge in [-0.2, -0.15) is 0 Å². The number of aromatic nitrogens is 1. The molecule has 0 bridgehead atoms. The number of aromatic carboxylic acids is 1. The Hall–Kier alpha value is -2.50. The number of rotatable bonds is 5. The number of carboxylic acid groups (broad SMARTS) is 1. The largest absolute Gasteiger partial charge is 0.493 e. The van der Waals surface area contributed by atoms with Crippen molar-refractivity contribution in [3.63, 3.8) is 0 Å². The van der Waals surface area contributed by atoms with Crippen LogP contribution in [0.2, 0.25) is 0 Å². The SMILES string of the molecule is COc1cccc(-c2cc(C(=O)O)no2)c1OC1CC1. The third-order valence-corrected chi connectivity index (χ3v) is 3.00. The van der Waals surface area contributed by atoms with E-state index in [1.54, 1.807) is 25.3 Å². The summed E-state index contributed by atoms with van der Waals surface area (Å²) in [5, 5.41) is 12.4. The Labute approximate surface area is 114 Å². The summed E-state index contributed by atoms with van der Waals surface area (Å²) in [6, 6.07) is 6.73. The first kappa shape index (κ1) is 12.5. The molecule has 1 aliphatic rings. The Bertz CT molecular complexity index is 645. The fourth-order valence-corrected chi connectivity index (χ4v) is 1.85. The van der Waals surface area contributed by atoms with Crippen LogP contribution in [0.5, 0.6) is 11.5 Å². The smallest absolute Gasteiger partial charge is 0.358 e. The summed E-state index contributed by atoms with van der Waals surface area (Å²) in [6.45, 7) is 0. The highest BCUT2D eigenvalue weighted by molar-refractivity contribution is 5.87. The van der Waals surface area contributed by atoms with Crippen LogP contribution in [-0.4, -0.2) is 29.4 Å². The second-order valence-electron chi connectivity index (χ2n) is 4.54. The first-order valence-electron chi connectivity index (χ1n) is 6.23. The van der Waals surface area contributed by atoms with Crippen LogP contribution < -0.4 is 9.47 Å². The number of para-hydroxylation sites is 1. The first-order chi connectivity index (χ1) is 9.69. The van der Waals surface area contributed by atoms with Crippen molar-refractivity contribution >= 4 is 5.97 Å². The van der Waals surface area contributed by atoms with Gasteiger partial charge in [-0.3, -0.25) is 0 Å². The standard InChI is InChI=1S/C14H13NO5/c1-18-11-4-2-3-9(13(11)19-8-5-6-8)12-7-10(14(16)17)15-20-12/h2-4,7-8H,5-6H2,1H3,(H,16,17). The van der Waals surface area contributed by atoms with Crippen LogP contribution in [0.15, 0.2) is 28.8 Å². The fourth-order valence-electron chi connectivity index (χ4n) is 1.85. The van der Waals surface area contributed by atoms with Gasteiger partial charge < -0.3 is 19.1 Å². The van der Waals surface area contributed by atoms with E-state index in [4.69, 9.17) is 19.1 Å². The van der Waals surface area contributed by atoms with Gasteiger partial charge in [-0.25, -0.2) is 4.79 Å². The van der Waals surface area contributed by atoms with Crippen molar-refractivity contribution < 1.29 is 23.9 Å². The predicted molar refractivity (Wildman–Crippen MR) is 69.1 cm³/mol. The monoisotopic (exact) mass is 275 g/mol. The lowest BCUT2D eigenvalue weighted by atomic mass is 10.1. The van der Waals surface area contributed by atoms with Gasteiger partial charge in [0.1, 0.15) is 0 Å². The molecule has 3 rings (SSSR count). The molecule has 1 N–H and O–H groups in total. The first-order valence-corrected chi connectivity index (χ1v) is 6.23. The van der Waals surface area contributed by atoms with Gasteiger partial charge >= 0.3 is 5.97 Å². The van der Waals surface area contributed by atoms with Gasteiger partial charge in [0.25, 0.3) is 0 Å².